The smallest absolute Gasteiger partial charge is 0.331 e. The van der Waals surface area contributed by atoms with E-state index >= 15 is 0 Å². The lowest BCUT2D eigenvalue weighted by Crippen LogP contribution is -1.95. The molecule has 13 heavy (non-hydrogen) atoms. The van der Waals surface area contributed by atoms with Crippen molar-refractivity contribution in [3.8, 4) is 5.75 Å². The van der Waals surface area contributed by atoms with Crippen molar-refractivity contribution >= 4 is 12.0 Å². The van der Waals surface area contributed by atoms with E-state index in [9.17, 15) is 9.90 Å². The van der Waals surface area contributed by atoms with Crippen LogP contribution in [0.5, 0.6) is 5.75 Å². The van der Waals surface area contributed by atoms with Gasteiger partial charge in [-0.15, -0.1) is 5.75 Å². The summed E-state index contributed by atoms with van der Waals surface area (Å²) in [6.07, 6.45) is 1.52. The number of hydrogen-bond acceptors (Lipinski definition) is 2. The Balaban J connectivity index is 2.92. The molecule has 0 aromatic heterocycles. The third-order valence-electron chi connectivity index (χ3n) is 1.60. The van der Waals surface area contributed by atoms with Crippen LogP contribution in [0.25, 0.3) is 6.08 Å². The lowest BCUT2D eigenvalue weighted by Gasteiger charge is -2.03. The average molecular weight is 177 g/mol. The van der Waals surface area contributed by atoms with Crippen LogP contribution in [0.1, 0.15) is 12.5 Å². The van der Waals surface area contributed by atoms with Gasteiger partial charge in [-0.25, -0.2) is 4.79 Å². The molecule has 1 aromatic carbocycles. The molecule has 0 bridgehead atoms. The molecule has 0 aliphatic heterocycles. The Morgan fingerprint density at radius 2 is 1.92 bits per heavy atom. The van der Waals surface area contributed by atoms with Crippen LogP contribution in [0.2, 0.25) is 0 Å². The number of hydrogen-bond donors (Lipinski definition) is 1. The topological polar surface area (TPSA) is 60.4 Å². The molecule has 3 nitrogen and oxygen atoms in total. The van der Waals surface area contributed by atoms with Crippen LogP contribution in [0.3, 0.4) is 0 Å². The molecule has 0 spiro atoms. The van der Waals surface area contributed by atoms with Crippen molar-refractivity contribution in [3.05, 3.63) is 35.4 Å². The van der Waals surface area contributed by atoms with Crippen molar-refractivity contribution in [2.45, 2.75) is 6.92 Å². The fraction of sp³-hybridized carbons (Fsp3) is 0.100. The average Bonchev–Trinajstić information content (AvgIpc) is 2.08. The van der Waals surface area contributed by atoms with Crippen molar-refractivity contribution in [2.24, 2.45) is 0 Å². The van der Waals surface area contributed by atoms with Crippen LogP contribution >= 0.6 is 0 Å². The zero-order chi connectivity index (χ0) is 9.84. The maximum atomic E-state index is 10.7. The Bertz CT molecular complexity index is 336. The summed E-state index contributed by atoms with van der Waals surface area (Å²) in [5.41, 5.74) is 0.971. The minimum atomic E-state index is -0.953. The first-order valence-electron chi connectivity index (χ1n) is 3.78. The first kappa shape index (κ1) is 9.32. The summed E-state index contributed by atoms with van der Waals surface area (Å²) in [4.78, 5) is 10.4. The molecule has 0 unspecified atom stereocenters. The van der Waals surface area contributed by atoms with E-state index < -0.39 is 5.97 Å². The predicted molar refractivity (Wildman–Crippen MR) is 47.2 cm³/mol. The molecule has 0 amide bonds. The van der Waals surface area contributed by atoms with Gasteiger partial charge in [0.25, 0.3) is 0 Å². The molecule has 1 aromatic rings. The fourth-order valence-corrected chi connectivity index (χ4v) is 0.876. The molecule has 0 atom stereocenters. The van der Waals surface area contributed by atoms with E-state index in [1.54, 1.807) is 12.1 Å². The van der Waals surface area contributed by atoms with Crippen LogP contribution in [0.15, 0.2) is 29.8 Å². The molecule has 1 N–H and O–H groups in total. The van der Waals surface area contributed by atoms with E-state index in [4.69, 9.17) is 5.11 Å². The molecular formula is C10H9O3-. The van der Waals surface area contributed by atoms with Crippen molar-refractivity contribution in [2.75, 3.05) is 0 Å². The molecule has 0 aliphatic carbocycles. The molecule has 0 heterocycles. The second-order valence-corrected chi connectivity index (χ2v) is 2.70. The lowest BCUT2D eigenvalue weighted by molar-refractivity contribution is -0.268. The van der Waals surface area contributed by atoms with Gasteiger partial charge in [-0.2, -0.15) is 0 Å². The third kappa shape index (κ3) is 2.63. The Morgan fingerprint density at radius 3 is 2.38 bits per heavy atom. The normalized spacial score (nSPS) is 11.3. The highest BCUT2D eigenvalue weighted by atomic mass is 16.4. The summed E-state index contributed by atoms with van der Waals surface area (Å²) >= 11 is 0. The van der Waals surface area contributed by atoms with E-state index in [1.807, 2.05) is 0 Å². The standard InChI is InChI=1S/C10H10O3/c1-7(10(12)13)6-8-2-4-9(11)5-3-8/h2-6,11H,1H3,(H,12,13)/p-1/b7-6+. The lowest BCUT2D eigenvalue weighted by atomic mass is 10.1. The van der Waals surface area contributed by atoms with Crippen molar-refractivity contribution in [3.63, 3.8) is 0 Å². The van der Waals surface area contributed by atoms with Crippen LogP contribution in [0, 0.1) is 0 Å². The number of rotatable bonds is 2. The number of aliphatic carboxylic acids is 1. The van der Waals surface area contributed by atoms with E-state index in [2.05, 4.69) is 0 Å². The first-order chi connectivity index (χ1) is 6.09. The van der Waals surface area contributed by atoms with Gasteiger partial charge in [0, 0.05) is 5.57 Å². The largest absolute Gasteiger partial charge is 0.872 e. The third-order valence-corrected chi connectivity index (χ3v) is 1.60. The molecule has 0 saturated heterocycles. The zero-order valence-electron chi connectivity index (χ0n) is 7.15. The Kier molecular flexibility index (Phi) is 2.69. The highest BCUT2D eigenvalue weighted by Gasteiger charge is 1.98. The van der Waals surface area contributed by atoms with Crippen molar-refractivity contribution in [1.82, 2.24) is 0 Å². The number of carboxylic acid groups (broad SMARTS) is 1. The van der Waals surface area contributed by atoms with Gasteiger partial charge in [0.05, 0.1) is 0 Å². The first-order valence-corrected chi connectivity index (χ1v) is 3.78. The fourth-order valence-electron chi connectivity index (χ4n) is 0.876. The van der Waals surface area contributed by atoms with Gasteiger partial charge >= 0.3 is 5.97 Å². The number of benzene rings is 1. The second kappa shape index (κ2) is 3.76. The van der Waals surface area contributed by atoms with E-state index in [1.165, 1.54) is 25.1 Å². The number of carbonyl (C=O) groups is 1. The summed E-state index contributed by atoms with van der Waals surface area (Å²) in [5, 5.41) is 19.3. The molecular weight excluding hydrogens is 168 g/mol. The van der Waals surface area contributed by atoms with Crippen LogP contribution in [-0.4, -0.2) is 11.1 Å². The van der Waals surface area contributed by atoms with Crippen molar-refractivity contribution in [1.29, 1.82) is 0 Å². The van der Waals surface area contributed by atoms with Gasteiger partial charge in [-0.1, -0.05) is 24.3 Å². The quantitative estimate of drug-likeness (QED) is 0.691. The minimum absolute atomic E-state index is 0.0786. The Labute approximate surface area is 76.0 Å². The van der Waals surface area contributed by atoms with E-state index in [-0.39, 0.29) is 11.3 Å². The number of carboxylic acids is 1. The second-order valence-electron chi connectivity index (χ2n) is 2.70. The van der Waals surface area contributed by atoms with E-state index in [0.717, 1.165) is 5.56 Å². The Morgan fingerprint density at radius 1 is 1.38 bits per heavy atom. The molecule has 0 aliphatic rings. The Hall–Kier alpha value is -1.77. The molecule has 0 radical (unpaired) electrons. The summed E-state index contributed by atoms with van der Waals surface area (Å²) < 4.78 is 0. The minimum Gasteiger partial charge on any atom is -0.872 e. The van der Waals surface area contributed by atoms with Gasteiger partial charge in [-0.3, -0.25) is 0 Å². The zero-order valence-corrected chi connectivity index (χ0v) is 7.15. The van der Waals surface area contributed by atoms with E-state index in [0.29, 0.717) is 0 Å². The van der Waals surface area contributed by atoms with Gasteiger partial charge < -0.3 is 10.2 Å². The summed E-state index contributed by atoms with van der Waals surface area (Å²) in [6.45, 7) is 1.51. The SMILES string of the molecule is C/C(=C\c1ccc([O-])cc1)C(=O)O. The molecule has 0 fully saturated rings. The van der Waals surface area contributed by atoms with Gasteiger partial charge in [0.1, 0.15) is 0 Å². The summed E-state index contributed by atoms with van der Waals surface area (Å²) in [5.74, 6) is -1.03. The van der Waals surface area contributed by atoms with Gasteiger partial charge in [0.2, 0.25) is 0 Å². The monoisotopic (exact) mass is 177 g/mol. The molecule has 0 saturated carbocycles. The van der Waals surface area contributed by atoms with Crippen LogP contribution in [0.4, 0.5) is 0 Å². The highest BCUT2D eigenvalue weighted by molar-refractivity contribution is 5.91. The maximum Gasteiger partial charge on any atom is 0.331 e. The van der Waals surface area contributed by atoms with Gasteiger partial charge in [0.15, 0.2) is 0 Å². The van der Waals surface area contributed by atoms with Crippen molar-refractivity contribution < 1.29 is 15.0 Å². The molecule has 3 heteroatoms. The summed E-state index contributed by atoms with van der Waals surface area (Å²) in [6, 6.07) is 5.99. The maximum absolute atomic E-state index is 10.7. The molecule has 68 valence electrons. The highest BCUT2D eigenvalue weighted by Crippen LogP contribution is 2.10. The summed E-state index contributed by atoms with van der Waals surface area (Å²) in [7, 11) is 0. The predicted octanol–water partition coefficient (Wildman–Crippen LogP) is 1.25. The molecule has 1 rings (SSSR count). The van der Waals surface area contributed by atoms with Gasteiger partial charge in [-0.05, 0) is 18.6 Å². The van der Waals surface area contributed by atoms with Crippen LogP contribution < -0.4 is 5.11 Å². The van der Waals surface area contributed by atoms with Crippen LogP contribution in [-0.2, 0) is 4.79 Å².